The van der Waals surface area contributed by atoms with Gasteiger partial charge in [-0.3, -0.25) is 0 Å². The number of nitrogens with zero attached hydrogens (tertiary/aromatic N) is 3. The zero-order valence-electron chi connectivity index (χ0n) is 9.94. The van der Waals surface area contributed by atoms with Crippen molar-refractivity contribution in [3.8, 4) is 5.75 Å². The summed E-state index contributed by atoms with van der Waals surface area (Å²) >= 11 is 5.92. The second-order valence-corrected chi connectivity index (χ2v) is 4.96. The molecule has 0 fully saturated rings. The van der Waals surface area contributed by atoms with Crippen LogP contribution in [0.25, 0.3) is 5.65 Å². The minimum Gasteiger partial charge on any atom is -0.487 e. The molecule has 0 spiro atoms. The number of rotatable bonds is 3. The Morgan fingerprint density at radius 1 is 1.53 bits per heavy atom. The molecule has 0 radical (unpaired) electrons. The van der Waals surface area contributed by atoms with Gasteiger partial charge in [0.25, 0.3) is 0 Å². The van der Waals surface area contributed by atoms with Crippen LogP contribution in [-0.2, 0) is 0 Å². The summed E-state index contributed by atoms with van der Waals surface area (Å²) in [6.45, 7) is 5.37. The molecule has 0 atom stereocenters. The van der Waals surface area contributed by atoms with Gasteiger partial charge in [0, 0.05) is 0 Å². The summed E-state index contributed by atoms with van der Waals surface area (Å²) in [5, 5.41) is 14.1. The second-order valence-electron chi connectivity index (χ2n) is 4.55. The molecule has 2 heterocycles. The quantitative estimate of drug-likeness (QED) is 0.909. The smallest absolute Gasteiger partial charge is 0.174 e. The van der Waals surface area contributed by atoms with E-state index in [1.165, 1.54) is 6.20 Å². The summed E-state index contributed by atoms with van der Waals surface area (Å²) in [4.78, 5) is 4.30. The number of fused-ring (bicyclic) bond motifs is 1. The maximum Gasteiger partial charge on any atom is 0.174 e. The molecule has 0 aliphatic carbocycles. The fraction of sp³-hybridized carbons (Fsp3) is 0.455. The highest BCUT2D eigenvalue weighted by molar-refractivity contribution is 6.33. The molecule has 0 saturated heterocycles. The standard InChI is InChI=1S/C11H14ClN3O2/c1-7-9(17-6-11(2,3)16)5-15-10(14-7)8(12)4-13-15/h4-5,16H,6H2,1-3H3. The maximum absolute atomic E-state index is 9.60. The van der Waals surface area contributed by atoms with E-state index in [2.05, 4.69) is 10.1 Å². The number of aromatic nitrogens is 3. The monoisotopic (exact) mass is 255 g/mol. The Labute approximate surface area is 104 Å². The highest BCUT2D eigenvalue weighted by Crippen LogP contribution is 2.21. The Morgan fingerprint density at radius 2 is 2.24 bits per heavy atom. The van der Waals surface area contributed by atoms with Crippen molar-refractivity contribution < 1.29 is 9.84 Å². The van der Waals surface area contributed by atoms with Crippen molar-refractivity contribution in [2.75, 3.05) is 6.61 Å². The van der Waals surface area contributed by atoms with E-state index in [-0.39, 0.29) is 6.61 Å². The largest absolute Gasteiger partial charge is 0.487 e. The van der Waals surface area contributed by atoms with Crippen molar-refractivity contribution in [3.05, 3.63) is 23.1 Å². The Morgan fingerprint density at radius 3 is 2.88 bits per heavy atom. The molecular formula is C11H14ClN3O2. The molecule has 0 unspecified atom stereocenters. The summed E-state index contributed by atoms with van der Waals surface area (Å²) in [6.07, 6.45) is 3.23. The van der Waals surface area contributed by atoms with Gasteiger partial charge in [0.1, 0.15) is 11.6 Å². The van der Waals surface area contributed by atoms with Gasteiger partial charge in [-0.2, -0.15) is 5.10 Å². The van der Waals surface area contributed by atoms with Crippen molar-refractivity contribution in [2.24, 2.45) is 0 Å². The first-order chi connectivity index (χ1) is 7.87. The highest BCUT2D eigenvalue weighted by Gasteiger charge is 2.15. The third-order valence-corrected chi connectivity index (χ3v) is 2.44. The van der Waals surface area contributed by atoms with Gasteiger partial charge in [-0.15, -0.1) is 0 Å². The van der Waals surface area contributed by atoms with E-state index >= 15 is 0 Å². The van der Waals surface area contributed by atoms with Crippen LogP contribution in [0.4, 0.5) is 0 Å². The Hall–Kier alpha value is -1.33. The molecule has 17 heavy (non-hydrogen) atoms. The number of aryl methyl sites for hydroxylation is 1. The van der Waals surface area contributed by atoms with Crippen LogP contribution in [0.15, 0.2) is 12.4 Å². The first-order valence-corrected chi connectivity index (χ1v) is 5.60. The van der Waals surface area contributed by atoms with E-state index < -0.39 is 5.60 Å². The molecule has 2 aromatic rings. The highest BCUT2D eigenvalue weighted by atomic mass is 35.5. The van der Waals surface area contributed by atoms with Crippen LogP contribution in [0.3, 0.4) is 0 Å². The zero-order valence-corrected chi connectivity index (χ0v) is 10.7. The predicted molar refractivity (Wildman–Crippen MR) is 64.5 cm³/mol. The fourth-order valence-electron chi connectivity index (χ4n) is 1.35. The molecule has 92 valence electrons. The van der Waals surface area contributed by atoms with Gasteiger partial charge in [-0.1, -0.05) is 11.6 Å². The minimum absolute atomic E-state index is 0.191. The van der Waals surface area contributed by atoms with Crippen molar-refractivity contribution in [3.63, 3.8) is 0 Å². The van der Waals surface area contributed by atoms with Crippen LogP contribution >= 0.6 is 11.6 Å². The first kappa shape index (κ1) is 12.1. The lowest BCUT2D eigenvalue weighted by atomic mass is 10.2. The maximum atomic E-state index is 9.60. The van der Waals surface area contributed by atoms with Crippen LogP contribution in [0.5, 0.6) is 5.75 Å². The summed E-state index contributed by atoms with van der Waals surface area (Å²) in [7, 11) is 0. The third kappa shape index (κ3) is 2.68. The summed E-state index contributed by atoms with van der Waals surface area (Å²) in [6, 6.07) is 0. The van der Waals surface area contributed by atoms with Gasteiger partial charge in [0.15, 0.2) is 11.4 Å². The van der Waals surface area contributed by atoms with Gasteiger partial charge in [0.05, 0.1) is 23.7 Å². The van der Waals surface area contributed by atoms with Crippen LogP contribution in [-0.4, -0.2) is 31.9 Å². The van der Waals surface area contributed by atoms with E-state index in [0.29, 0.717) is 22.1 Å². The molecule has 0 aromatic carbocycles. The van der Waals surface area contributed by atoms with Crippen molar-refractivity contribution in [1.82, 2.24) is 14.6 Å². The van der Waals surface area contributed by atoms with Crippen LogP contribution in [0, 0.1) is 6.92 Å². The van der Waals surface area contributed by atoms with E-state index in [4.69, 9.17) is 16.3 Å². The molecule has 0 saturated carbocycles. The van der Waals surface area contributed by atoms with E-state index in [1.54, 1.807) is 24.6 Å². The SMILES string of the molecule is Cc1nc2c(Cl)cnn2cc1OCC(C)(C)O. The van der Waals surface area contributed by atoms with Crippen molar-refractivity contribution in [2.45, 2.75) is 26.4 Å². The Bertz CT molecular complexity index is 545. The molecule has 2 aromatic heterocycles. The van der Waals surface area contributed by atoms with E-state index in [0.717, 1.165) is 0 Å². The average Bonchev–Trinajstić information content (AvgIpc) is 2.56. The van der Waals surface area contributed by atoms with Crippen LogP contribution in [0.2, 0.25) is 5.02 Å². The third-order valence-electron chi connectivity index (χ3n) is 2.18. The molecule has 0 aliphatic rings. The lowest BCUT2D eigenvalue weighted by Gasteiger charge is -2.18. The topological polar surface area (TPSA) is 59.7 Å². The second kappa shape index (κ2) is 4.16. The van der Waals surface area contributed by atoms with Gasteiger partial charge in [-0.05, 0) is 20.8 Å². The number of hydrogen-bond donors (Lipinski definition) is 1. The zero-order chi connectivity index (χ0) is 12.6. The fourth-order valence-corrected chi connectivity index (χ4v) is 1.52. The molecule has 0 bridgehead atoms. The lowest BCUT2D eigenvalue weighted by Crippen LogP contribution is -2.28. The summed E-state index contributed by atoms with van der Waals surface area (Å²) in [5.41, 5.74) is 0.423. The number of halogens is 1. The van der Waals surface area contributed by atoms with Crippen LogP contribution in [0.1, 0.15) is 19.5 Å². The van der Waals surface area contributed by atoms with Gasteiger partial charge >= 0.3 is 0 Å². The normalized spacial score (nSPS) is 12.1. The Kier molecular flexibility index (Phi) is 2.97. The van der Waals surface area contributed by atoms with E-state index in [1.807, 2.05) is 6.92 Å². The van der Waals surface area contributed by atoms with Gasteiger partial charge in [0.2, 0.25) is 0 Å². The van der Waals surface area contributed by atoms with Crippen molar-refractivity contribution >= 4 is 17.2 Å². The van der Waals surface area contributed by atoms with Gasteiger partial charge < -0.3 is 9.84 Å². The van der Waals surface area contributed by atoms with Gasteiger partial charge in [-0.25, -0.2) is 9.50 Å². The molecule has 0 aliphatic heterocycles. The number of hydrogen-bond acceptors (Lipinski definition) is 4. The average molecular weight is 256 g/mol. The molecule has 2 rings (SSSR count). The first-order valence-electron chi connectivity index (χ1n) is 5.22. The molecular weight excluding hydrogens is 242 g/mol. The Balaban J connectivity index is 2.32. The molecule has 6 heteroatoms. The molecule has 0 amide bonds. The van der Waals surface area contributed by atoms with Crippen molar-refractivity contribution in [1.29, 1.82) is 0 Å². The van der Waals surface area contributed by atoms with E-state index in [9.17, 15) is 5.11 Å². The number of aliphatic hydroxyl groups is 1. The number of ether oxygens (including phenoxy) is 1. The van der Waals surface area contributed by atoms with Crippen LogP contribution < -0.4 is 4.74 Å². The predicted octanol–water partition coefficient (Wildman–Crippen LogP) is 1.84. The summed E-state index contributed by atoms with van der Waals surface area (Å²) in [5.74, 6) is 0.583. The molecule has 5 nitrogen and oxygen atoms in total. The minimum atomic E-state index is -0.886. The lowest BCUT2D eigenvalue weighted by molar-refractivity contribution is 0.0279. The summed E-state index contributed by atoms with van der Waals surface area (Å²) < 4.78 is 7.05. The molecule has 1 N–H and O–H groups in total.